The van der Waals surface area contributed by atoms with Crippen molar-refractivity contribution in [3.63, 3.8) is 0 Å². The van der Waals surface area contributed by atoms with Gasteiger partial charge in [-0.3, -0.25) is 9.59 Å². The van der Waals surface area contributed by atoms with Crippen molar-refractivity contribution in [2.45, 2.75) is 37.5 Å². The molecule has 0 bridgehead atoms. The molecule has 6 nitrogen and oxygen atoms in total. The number of nitrogens with two attached hydrogens (primary N) is 1. The predicted molar refractivity (Wildman–Crippen MR) is 132 cm³/mol. The summed E-state index contributed by atoms with van der Waals surface area (Å²) in [4.78, 5) is 30.4. The maximum absolute atomic E-state index is 14.9. The van der Waals surface area contributed by atoms with Crippen LogP contribution in [0.1, 0.15) is 31.9 Å². The third-order valence-electron chi connectivity index (χ3n) is 5.12. The van der Waals surface area contributed by atoms with Gasteiger partial charge in [-0.1, -0.05) is 25.1 Å². The summed E-state index contributed by atoms with van der Waals surface area (Å²) >= 11 is 1.73. The number of carbonyl (C=O) groups is 2. The van der Waals surface area contributed by atoms with E-state index in [4.69, 9.17) is 5.73 Å². The van der Waals surface area contributed by atoms with E-state index < -0.39 is 17.1 Å². The van der Waals surface area contributed by atoms with E-state index in [9.17, 15) is 14.0 Å². The monoisotopic (exact) mass is 466 g/mol. The molecular weight excluding hydrogens is 439 g/mol. The molecule has 8 heteroatoms. The van der Waals surface area contributed by atoms with Gasteiger partial charge in [-0.05, 0) is 55.5 Å². The first-order valence-corrected chi connectivity index (χ1v) is 11.5. The summed E-state index contributed by atoms with van der Waals surface area (Å²) in [6.07, 6.45) is 1.66. The number of amides is 2. The van der Waals surface area contributed by atoms with Crippen molar-refractivity contribution in [2.75, 3.05) is 22.1 Å². The number of carbonyl (C=O) groups excluding carboxylic acids is 2. The van der Waals surface area contributed by atoms with Crippen LogP contribution in [0.5, 0.6) is 0 Å². The molecule has 4 N–H and O–H groups in total. The minimum Gasteiger partial charge on any atom is -0.399 e. The van der Waals surface area contributed by atoms with E-state index >= 15 is 0 Å². The van der Waals surface area contributed by atoms with Crippen LogP contribution in [0.3, 0.4) is 0 Å². The molecule has 1 aromatic heterocycles. The van der Waals surface area contributed by atoms with Gasteiger partial charge in [0, 0.05) is 34.1 Å². The second kappa shape index (κ2) is 10.5. The number of hydrogen-bond acceptors (Lipinski definition) is 5. The molecule has 1 heterocycles. The fourth-order valence-corrected chi connectivity index (χ4v) is 3.93. The number of aromatic nitrogens is 1. The Morgan fingerprint density at radius 2 is 1.79 bits per heavy atom. The van der Waals surface area contributed by atoms with Gasteiger partial charge in [0.15, 0.2) is 0 Å². The highest BCUT2D eigenvalue weighted by molar-refractivity contribution is 7.99. The normalized spacial score (nSPS) is 11.2. The van der Waals surface area contributed by atoms with Crippen LogP contribution in [-0.4, -0.2) is 22.6 Å². The Kier molecular flexibility index (Phi) is 7.71. The maximum Gasteiger partial charge on any atom is 0.235 e. The molecule has 0 fully saturated rings. The SMILES string of the molecule is CCSc1ccc(CC(=O)Nc2ccc(C(C)(C)C(=O)Nc3cc(N)ccn3)c(F)c2)cc1. The summed E-state index contributed by atoms with van der Waals surface area (Å²) in [6, 6.07) is 15.2. The highest BCUT2D eigenvalue weighted by atomic mass is 32.2. The molecule has 2 aromatic carbocycles. The fraction of sp³-hybridized carbons (Fsp3) is 0.240. The van der Waals surface area contributed by atoms with Gasteiger partial charge in [0.2, 0.25) is 11.8 Å². The highest BCUT2D eigenvalue weighted by Gasteiger charge is 2.33. The first-order chi connectivity index (χ1) is 15.7. The summed E-state index contributed by atoms with van der Waals surface area (Å²) in [5.74, 6) is 0.00864. The molecule has 0 aliphatic heterocycles. The zero-order valence-corrected chi connectivity index (χ0v) is 19.6. The van der Waals surface area contributed by atoms with Crippen LogP contribution in [0, 0.1) is 5.82 Å². The number of anilines is 3. The lowest BCUT2D eigenvalue weighted by atomic mass is 9.83. The lowest BCUT2D eigenvalue weighted by Crippen LogP contribution is -2.35. The van der Waals surface area contributed by atoms with Crippen LogP contribution in [0.2, 0.25) is 0 Å². The number of pyridine rings is 1. The molecule has 0 radical (unpaired) electrons. The molecule has 0 spiro atoms. The van der Waals surface area contributed by atoms with Gasteiger partial charge in [-0.2, -0.15) is 0 Å². The summed E-state index contributed by atoms with van der Waals surface area (Å²) in [5, 5.41) is 5.38. The van der Waals surface area contributed by atoms with E-state index in [-0.39, 0.29) is 17.9 Å². The van der Waals surface area contributed by atoms with Crippen molar-refractivity contribution in [2.24, 2.45) is 0 Å². The molecule has 2 amide bonds. The maximum atomic E-state index is 14.9. The second-order valence-electron chi connectivity index (χ2n) is 8.05. The van der Waals surface area contributed by atoms with Gasteiger partial charge >= 0.3 is 0 Å². The number of hydrogen-bond donors (Lipinski definition) is 3. The Morgan fingerprint density at radius 1 is 1.06 bits per heavy atom. The van der Waals surface area contributed by atoms with Crippen LogP contribution in [0.25, 0.3) is 0 Å². The van der Waals surface area contributed by atoms with E-state index in [0.29, 0.717) is 17.2 Å². The Bertz CT molecular complexity index is 1150. The molecule has 0 saturated carbocycles. The minimum absolute atomic E-state index is 0.182. The van der Waals surface area contributed by atoms with Gasteiger partial charge in [-0.15, -0.1) is 11.8 Å². The van der Waals surface area contributed by atoms with Crippen LogP contribution < -0.4 is 16.4 Å². The zero-order chi connectivity index (χ0) is 24.0. The Hall–Kier alpha value is -3.39. The van der Waals surface area contributed by atoms with Crippen molar-refractivity contribution in [3.05, 3.63) is 77.7 Å². The van der Waals surface area contributed by atoms with Crippen molar-refractivity contribution >= 4 is 40.8 Å². The van der Waals surface area contributed by atoms with Crippen molar-refractivity contribution in [3.8, 4) is 0 Å². The molecule has 0 saturated heterocycles. The van der Waals surface area contributed by atoms with Crippen LogP contribution in [0.4, 0.5) is 21.6 Å². The fourth-order valence-electron chi connectivity index (χ4n) is 3.27. The van der Waals surface area contributed by atoms with Gasteiger partial charge < -0.3 is 16.4 Å². The standard InChI is InChI=1S/C25H27FN4O2S/c1-4-33-19-8-5-16(6-9-19)13-23(31)29-18-7-10-20(21(26)15-18)25(2,3)24(32)30-22-14-17(27)11-12-28-22/h5-12,14-15H,4,13H2,1-3H3,(H,29,31)(H3,27,28,30,32). The average Bonchev–Trinajstić information content (AvgIpc) is 2.75. The Balaban J connectivity index is 1.66. The lowest BCUT2D eigenvalue weighted by Gasteiger charge is -2.25. The van der Waals surface area contributed by atoms with E-state index in [1.807, 2.05) is 24.3 Å². The van der Waals surface area contributed by atoms with Gasteiger partial charge in [0.05, 0.1) is 11.8 Å². The Morgan fingerprint density at radius 3 is 2.42 bits per heavy atom. The van der Waals surface area contributed by atoms with Crippen LogP contribution >= 0.6 is 11.8 Å². The lowest BCUT2D eigenvalue weighted by molar-refractivity contribution is -0.120. The van der Waals surface area contributed by atoms with E-state index in [1.165, 1.54) is 24.4 Å². The molecule has 0 unspecified atom stereocenters. The zero-order valence-electron chi connectivity index (χ0n) is 18.8. The average molecular weight is 467 g/mol. The molecule has 3 rings (SSSR count). The molecule has 172 valence electrons. The summed E-state index contributed by atoms with van der Waals surface area (Å²) in [5.41, 5.74) is 6.39. The molecule has 0 atom stereocenters. The Labute approximate surface area is 197 Å². The van der Waals surface area contributed by atoms with E-state index in [1.54, 1.807) is 37.7 Å². The van der Waals surface area contributed by atoms with Gasteiger partial charge in [0.25, 0.3) is 0 Å². The molecule has 0 aliphatic rings. The number of nitrogens with zero attached hydrogens (tertiary/aromatic N) is 1. The van der Waals surface area contributed by atoms with E-state index in [0.717, 1.165) is 16.2 Å². The molecule has 0 aliphatic carbocycles. The summed E-state index contributed by atoms with van der Waals surface area (Å²) in [6.45, 7) is 5.32. The van der Waals surface area contributed by atoms with Crippen molar-refractivity contribution in [1.29, 1.82) is 0 Å². The number of halogens is 1. The van der Waals surface area contributed by atoms with Crippen molar-refractivity contribution in [1.82, 2.24) is 4.98 Å². The van der Waals surface area contributed by atoms with Gasteiger partial charge in [-0.25, -0.2) is 9.37 Å². The van der Waals surface area contributed by atoms with E-state index in [2.05, 4.69) is 22.5 Å². The first-order valence-electron chi connectivity index (χ1n) is 10.5. The number of thioether (sulfide) groups is 1. The molecule has 33 heavy (non-hydrogen) atoms. The minimum atomic E-state index is -1.18. The van der Waals surface area contributed by atoms with Crippen LogP contribution in [0.15, 0.2) is 65.7 Å². The largest absolute Gasteiger partial charge is 0.399 e. The van der Waals surface area contributed by atoms with Gasteiger partial charge in [0.1, 0.15) is 11.6 Å². The number of nitrogens with one attached hydrogen (secondary N) is 2. The summed E-state index contributed by atoms with van der Waals surface area (Å²) in [7, 11) is 0. The number of nitrogen functional groups attached to an aromatic ring is 1. The second-order valence-corrected chi connectivity index (χ2v) is 9.39. The first kappa shape index (κ1) is 24.3. The highest BCUT2D eigenvalue weighted by Crippen LogP contribution is 2.29. The smallest absolute Gasteiger partial charge is 0.235 e. The molecular formula is C25H27FN4O2S. The summed E-state index contributed by atoms with van der Waals surface area (Å²) < 4.78 is 14.9. The number of benzene rings is 2. The third kappa shape index (κ3) is 6.32. The molecule has 3 aromatic rings. The topological polar surface area (TPSA) is 97.1 Å². The quantitative estimate of drug-likeness (QED) is 0.405. The number of rotatable bonds is 8. The third-order valence-corrected chi connectivity index (χ3v) is 6.01. The van der Waals surface area contributed by atoms with Crippen molar-refractivity contribution < 1.29 is 14.0 Å². The predicted octanol–water partition coefficient (Wildman–Crippen LogP) is 5.01. The van der Waals surface area contributed by atoms with Crippen LogP contribution in [-0.2, 0) is 21.4 Å².